The van der Waals surface area contributed by atoms with Crippen molar-refractivity contribution in [2.45, 2.75) is 13.5 Å². The first-order valence-electron chi connectivity index (χ1n) is 6.07. The van der Waals surface area contributed by atoms with Gasteiger partial charge >= 0.3 is 0 Å². The molecule has 1 aromatic heterocycles. The number of hydrogen-bond acceptors (Lipinski definition) is 2. The molecule has 90 valence electrons. The lowest BCUT2D eigenvalue weighted by atomic mass is 10.1. The van der Waals surface area contributed by atoms with Crippen LogP contribution in [0.2, 0.25) is 0 Å². The van der Waals surface area contributed by atoms with Crippen molar-refractivity contribution in [1.82, 2.24) is 0 Å². The average Bonchev–Trinajstić information content (AvgIpc) is 2.82. The summed E-state index contributed by atoms with van der Waals surface area (Å²) in [4.78, 5) is 0. The van der Waals surface area contributed by atoms with Gasteiger partial charge in [-0.2, -0.15) is 11.3 Å². The monoisotopic (exact) mass is 253 g/mol. The summed E-state index contributed by atoms with van der Waals surface area (Å²) in [5, 5.41) is 10.5. The van der Waals surface area contributed by atoms with E-state index in [1.807, 2.05) is 0 Å². The van der Waals surface area contributed by atoms with Crippen LogP contribution in [0, 0.1) is 6.92 Å². The number of thiophene rings is 1. The summed E-state index contributed by atoms with van der Waals surface area (Å²) in [6.45, 7) is 3.06. The number of anilines is 1. The van der Waals surface area contributed by atoms with Gasteiger partial charge in [0.25, 0.3) is 0 Å². The molecular weight excluding hydrogens is 238 g/mol. The van der Waals surface area contributed by atoms with E-state index in [1.54, 1.807) is 11.3 Å². The van der Waals surface area contributed by atoms with Crippen LogP contribution in [0.15, 0.2) is 53.2 Å². The summed E-state index contributed by atoms with van der Waals surface area (Å²) in [6.07, 6.45) is 0. The van der Waals surface area contributed by atoms with E-state index in [1.165, 1.54) is 27.6 Å². The third kappa shape index (κ3) is 2.24. The molecule has 0 saturated heterocycles. The summed E-state index contributed by atoms with van der Waals surface area (Å²) in [5.41, 5.74) is 3.93. The van der Waals surface area contributed by atoms with Crippen LogP contribution >= 0.6 is 11.3 Å². The molecule has 0 amide bonds. The number of benzene rings is 2. The topological polar surface area (TPSA) is 12.0 Å². The zero-order valence-corrected chi connectivity index (χ0v) is 11.1. The van der Waals surface area contributed by atoms with Gasteiger partial charge in [0.2, 0.25) is 0 Å². The highest BCUT2D eigenvalue weighted by Gasteiger charge is 2.00. The Hall–Kier alpha value is -1.80. The fourth-order valence-electron chi connectivity index (χ4n) is 2.06. The van der Waals surface area contributed by atoms with Crippen LogP contribution in [0.5, 0.6) is 0 Å². The molecule has 0 radical (unpaired) electrons. The standard InChI is InChI=1S/C16H15NS/c1-12-10-18-11-15(12)9-17-16-7-6-13-4-2-3-5-14(13)8-16/h2-8,10-11,17H,9H2,1H3. The smallest absolute Gasteiger partial charge is 0.0411 e. The number of rotatable bonds is 3. The molecule has 1 nitrogen and oxygen atoms in total. The zero-order valence-electron chi connectivity index (χ0n) is 10.3. The molecule has 3 rings (SSSR count). The largest absolute Gasteiger partial charge is 0.381 e. The van der Waals surface area contributed by atoms with Gasteiger partial charge in [-0.05, 0) is 51.7 Å². The first-order valence-corrected chi connectivity index (χ1v) is 7.01. The van der Waals surface area contributed by atoms with Crippen LogP contribution in [0.1, 0.15) is 11.1 Å². The summed E-state index contributed by atoms with van der Waals surface area (Å²) in [6, 6.07) is 15.0. The van der Waals surface area contributed by atoms with Gasteiger partial charge in [-0.1, -0.05) is 30.3 Å². The van der Waals surface area contributed by atoms with E-state index in [9.17, 15) is 0 Å². The second-order valence-electron chi connectivity index (χ2n) is 4.50. The highest BCUT2D eigenvalue weighted by molar-refractivity contribution is 7.08. The lowest BCUT2D eigenvalue weighted by Gasteiger charge is -2.07. The van der Waals surface area contributed by atoms with Gasteiger partial charge in [0, 0.05) is 12.2 Å². The van der Waals surface area contributed by atoms with Crippen molar-refractivity contribution in [3.63, 3.8) is 0 Å². The normalized spacial score (nSPS) is 10.7. The molecule has 2 heteroatoms. The Balaban J connectivity index is 1.81. The molecule has 0 aliphatic heterocycles. The van der Waals surface area contributed by atoms with Gasteiger partial charge in [-0.3, -0.25) is 0 Å². The van der Waals surface area contributed by atoms with Crippen molar-refractivity contribution in [3.8, 4) is 0 Å². The van der Waals surface area contributed by atoms with Crippen LogP contribution in [-0.4, -0.2) is 0 Å². The van der Waals surface area contributed by atoms with E-state index >= 15 is 0 Å². The van der Waals surface area contributed by atoms with Crippen LogP contribution in [0.4, 0.5) is 5.69 Å². The quantitative estimate of drug-likeness (QED) is 0.705. The van der Waals surface area contributed by atoms with Crippen molar-refractivity contribution < 1.29 is 0 Å². The zero-order chi connectivity index (χ0) is 12.4. The van der Waals surface area contributed by atoms with Crippen molar-refractivity contribution >= 4 is 27.8 Å². The van der Waals surface area contributed by atoms with E-state index in [2.05, 4.69) is 65.5 Å². The van der Waals surface area contributed by atoms with Gasteiger partial charge < -0.3 is 5.32 Å². The maximum atomic E-state index is 3.49. The van der Waals surface area contributed by atoms with Gasteiger partial charge in [0.05, 0.1) is 0 Å². The van der Waals surface area contributed by atoms with Gasteiger partial charge in [0.1, 0.15) is 0 Å². The third-order valence-corrected chi connectivity index (χ3v) is 4.10. The van der Waals surface area contributed by atoms with Crippen molar-refractivity contribution in [2.24, 2.45) is 0 Å². The number of nitrogens with one attached hydrogen (secondary N) is 1. The van der Waals surface area contributed by atoms with E-state index in [4.69, 9.17) is 0 Å². The summed E-state index contributed by atoms with van der Waals surface area (Å²) in [7, 11) is 0. The molecule has 0 unspecified atom stereocenters. The minimum Gasteiger partial charge on any atom is -0.381 e. The van der Waals surface area contributed by atoms with Gasteiger partial charge in [-0.15, -0.1) is 0 Å². The maximum absolute atomic E-state index is 3.49. The van der Waals surface area contributed by atoms with Crippen LogP contribution < -0.4 is 5.32 Å². The fourth-order valence-corrected chi connectivity index (χ4v) is 2.92. The number of aryl methyl sites for hydroxylation is 1. The maximum Gasteiger partial charge on any atom is 0.0411 e. The minimum atomic E-state index is 0.897. The van der Waals surface area contributed by atoms with E-state index in [0.29, 0.717) is 0 Å². The Labute approximate surface area is 111 Å². The Morgan fingerprint density at radius 2 is 1.83 bits per heavy atom. The Morgan fingerprint density at radius 1 is 1.00 bits per heavy atom. The molecule has 0 fully saturated rings. The van der Waals surface area contributed by atoms with Crippen LogP contribution in [0.25, 0.3) is 10.8 Å². The highest BCUT2D eigenvalue weighted by atomic mass is 32.1. The third-order valence-electron chi connectivity index (χ3n) is 3.19. The molecule has 0 bridgehead atoms. The Bertz CT molecular complexity index is 669. The first-order chi connectivity index (χ1) is 8.83. The Kier molecular flexibility index (Phi) is 3.03. The lowest BCUT2D eigenvalue weighted by molar-refractivity contribution is 1.14. The minimum absolute atomic E-state index is 0.897. The van der Waals surface area contributed by atoms with E-state index < -0.39 is 0 Å². The van der Waals surface area contributed by atoms with Crippen molar-refractivity contribution in [3.05, 3.63) is 64.4 Å². The molecule has 18 heavy (non-hydrogen) atoms. The molecule has 0 atom stereocenters. The molecule has 3 aromatic rings. The van der Waals surface area contributed by atoms with Gasteiger partial charge in [0.15, 0.2) is 0 Å². The van der Waals surface area contributed by atoms with E-state index in [-0.39, 0.29) is 0 Å². The summed E-state index contributed by atoms with van der Waals surface area (Å²) >= 11 is 1.76. The molecule has 0 saturated carbocycles. The molecule has 1 heterocycles. The summed E-state index contributed by atoms with van der Waals surface area (Å²) in [5.74, 6) is 0. The van der Waals surface area contributed by atoms with Crippen molar-refractivity contribution in [2.75, 3.05) is 5.32 Å². The molecule has 0 aliphatic carbocycles. The highest BCUT2D eigenvalue weighted by Crippen LogP contribution is 2.20. The fraction of sp³-hybridized carbons (Fsp3) is 0.125. The second kappa shape index (κ2) is 4.83. The van der Waals surface area contributed by atoms with Crippen molar-refractivity contribution in [1.29, 1.82) is 0 Å². The van der Waals surface area contributed by atoms with Gasteiger partial charge in [-0.25, -0.2) is 0 Å². The predicted octanol–water partition coefficient (Wildman–Crippen LogP) is 4.82. The first kappa shape index (κ1) is 11.3. The lowest BCUT2D eigenvalue weighted by Crippen LogP contribution is -1.99. The van der Waals surface area contributed by atoms with Crippen LogP contribution in [0.3, 0.4) is 0 Å². The number of hydrogen-bond donors (Lipinski definition) is 1. The van der Waals surface area contributed by atoms with E-state index in [0.717, 1.165) is 6.54 Å². The van der Waals surface area contributed by atoms with Crippen LogP contribution in [-0.2, 0) is 6.54 Å². The summed E-state index contributed by atoms with van der Waals surface area (Å²) < 4.78 is 0. The predicted molar refractivity (Wildman–Crippen MR) is 80.3 cm³/mol. The SMILES string of the molecule is Cc1cscc1CNc1ccc2ccccc2c1. The Morgan fingerprint density at radius 3 is 2.61 bits per heavy atom. The number of fused-ring (bicyclic) bond motifs is 1. The molecule has 0 aliphatic rings. The molecular formula is C16H15NS. The molecule has 0 spiro atoms. The average molecular weight is 253 g/mol. The molecule has 2 aromatic carbocycles. The second-order valence-corrected chi connectivity index (χ2v) is 5.24. The molecule has 1 N–H and O–H groups in total.